The maximum absolute atomic E-state index is 4.81. The summed E-state index contributed by atoms with van der Waals surface area (Å²) in [7, 11) is 2.01. The van der Waals surface area contributed by atoms with Crippen LogP contribution in [0.3, 0.4) is 0 Å². The molecule has 18 heavy (non-hydrogen) atoms. The van der Waals surface area contributed by atoms with Crippen molar-refractivity contribution in [2.24, 2.45) is 0 Å². The largest absolute Gasteiger partial charge is 0.315 e. The zero-order valence-corrected chi connectivity index (χ0v) is 12.6. The smallest absolute Gasteiger partial charge is 0.107 e. The molecule has 1 fully saturated rings. The van der Waals surface area contributed by atoms with Gasteiger partial charge in [0.1, 0.15) is 5.01 Å². The Kier molecular flexibility index (Phi) is 5.15. The van der Waals surface area contributed by atoms with Gasteiger partial charge in [0.2, 0.25) is 0 Å². The highest BCUT2D eigenvalue weighted by molar-refractivity contribution is 7.11. The standard InChI is InChI=1S/C14H25N3S/c1-4-12-13(9-15-3)18-14(16-12)10-17-8-6-5-7-11(17)2/h11,15H,4-10H2,1-3H3. The first-order valence-electron chi connectivity index (χ1n) is 7.10. The Morgan fingerprint density at radius 3 is 2.94 bits per heavy atom. The highest BCUT2D eigenvalue weighted by Gasteiger charge is 2.20. The van der Waals surface area contributed by atoms with E-state index in [1.54, 1.807) is 0 Å². The Hall–Kier alpha value is -0.450. The van der Waals surface area contributed by atoms with Crippen LogP contribution < -0.4 is 5.32 Å². The van der Waals surface area contributed by atoms with Crippen molar-refractivity contribution in [3.05, 3.63) is 15.6 Å². The van der Waals surface area contributed by atoms with Crippen molar-refractivity contribution in [2.45, 2.75) is 58.7 Å². The molecule has 0 spiro atoms. The zero-order valence-electron chi connectivity index (χ0n) is 11.8. The molecule has 0 radical (unpaired) electrons. The van der Waals surface area contributed by atoms with Gasteiger partial charge >= 0.3 is 0 Å². The first-order valence-corrected chi connectivity index (χ1v) is 7.92. The van der Waals surface area contributed by atoms with E-state index < -0.39 is 0 Å². The molecule has 1 atom stereocenters. The van der Waals surface area contributed by atoms with Gasteiger partial charge in [0, 0.05) is 17.5 Å². The molecule has 1 N–H and O–H groups in total. The minimum atomic E-state index is 0.723. The van der Waals surface area contributed by atoms with Crippen molar-refractivity contribution < 1.29 is 0 Å². The molecule has 0 aromatic carbocycles. The fourth-order valence-electron chi connectivity index (χ4n) is 2.65. The Labute approximate surface area is 115 Å². The van der Waals surface area contributed by atoms with Crippen LogP contribution in [-0.4, -0.2) is 29.5 Å². The van der Waals surface area contributed by atoms with Gasteiger partial charge in [-0.2, -0.15) is 0 Å². The van der Waals surface area contributed by atoms with Crippen molar-refractivity contribution in [3.63, 3.8) is 0 Å². The third-order valence-corrected chi connectivity index (χ3v) is 4.86. The van der Waals surface area contributed by atoms with Crippen LogP contribution in [0.15, 0.2) is 0 Å². The molecule has 2 rings (SSSR count). The van der Waals surface area contributed by atoms with Crippen molar-refractivity contribution in [1.82, 2.24) is 15.2 Å². The molecule has 1 aliphatic rings. The second kappa shape index (κ2) is 6.64. The van der Waals surface area contributed by atoms with Crippen LogP contribution in [0.25, 0.3) is 0 Å². The lowest BCUT2D eigenvalue weighted by Gasteiger charge is -2.32. The number of hydrogen-bond acceptors (Lipinski definition) is 4. The van der Waals surface area contributed by atoms with Crippen LogP contribution in [0.2, 0.25) is 0 Å². The van der Waals surface area contributed by atoms with Crippen LogP contribution in [-0.2, 0) is 19.5 Å². The summed E-state index contributed by atoms with van der Waals surface area (Å²) in [4.78, 5) is 8.82. The summed E-state index contributed by atoms with van der Waals surface area (Å²) in [6.07, 6.45) is 5.12. The summed E-state index contributed by atoms with van der Waals surface area (Å²) < 4.78 is 0. The minimum absolute atomic E-state index is 0.723. The SMILES string of the molecule is CCc1nc(CN2CCCCC2C)sc1CNC. The summed E-state index contributed by atoms with van der Waals surface area (Å²) in [5, 5.41) is 4.54. The molecule has 0 saturated carbocycles. The van der Waals surface area contributed by atoms with Crippen molar-refractivity contribution >= 4 is 11.3 Å². The van der Waals surface area contributed by atoms with E-state index in [-0.39, 0.29) is 0 Å². The summed E-state index contributed by atoms with van der Waals surface area (Å²) in [6.45, 7) is 7.78. The summed E-state index contributed by atoms with van der Waals surface area (Å²) >= 11 is 1.89. The van der Waals surface area contributed by atoms with Gasteiger partial charge in [0.25, 0.3) is 0 Å². The van der Waals surface area contributed by atoms with E-state index in [1.807, 2.05) is 18.4 Å². The maximum Gasteiger partial charge on any atom is 0.107 e. The van der Waals surface area contributed by atoms with Crippen molar-refractivity contribution in [2.75, 3.05) is 13.6 Å². The van der Waals surface area contributed by atoms with E-state index in [2.05, 4.69) is 24.1 Å². The monoisotopic (exact) mass is 267 g/mol. The number of rotatable bonds is 5. The highest BCUT2D eigenvalue weighted by atomic mass is 32.1. The van der Waals surface area contributed by atoms with E-state index in [0.29, 0.717) is 0 Å². The lowest BCUT2D eigenvalue weighted by molar-refractivity contribution is 0.152. The van der Waals surface area contributed by atoms with Gasteiger partial charge in [-0.1, -0.05) is 13.3 Å². The topological polar surface area (TPSA) is 28.2 Å². The summed E-state index contributed by atoms with van der Waals surface area (Å²) in [5.41, 5.74) is 1.29. The number of piperidine rings is 1. The average Bonchev–Trinajstić information content (AvgIpc) is 2.75. The molecule has 4 heteroatoms. The molecule has 0 amide bonds. The van der Waals surface area contributed by atoms with E-state index in [0.717, 1.165) is 25.6 Å². The molecule has 0 aliphatic carbocycles. The number of likely N-dealkylation sites (tertiary alicyclic amines) is 1. The Morgan fingerprint density at radius 1 is 1.44 bits per heavy atom. The molecule has 1 unspecified atom stereocenters. The van der Waals surface area contributed by atoms with Gasteiger partial charge in [0.15, 0.2) is 0 Å². The van der Waals surface area contributed by atoms with Crippen LogP contribution in [0, 0.1) is 0 Å². The molecule has 102 valence electrons. The number of thiazole rings is 1. The Morgan fingerprint density at radius 2 is 2.28 bits per heavy atom. The normalized spacial score (nSPS) is 21.4. The zero-order chi connectivity index (χ0) is 13.0. The van der Waals surface area contributed by atoms with Crippen LogP contribution in [0.5, 0.6) is 0 Å². The first-order chi connectivity index (χ1) is 8.74. The lowest BCUT2D eigenvalue weighted by Crippen LogP contribution is -2.36. The molecule has 1 aliphatic heterocycles. The second-order valence-corrected chi connectivity index (χ2v) is 6.34. The molecular formula is C14H25N3S. The number of nitrogens with one attached hydrogen (secondary N) is 1. The molecular weight excluding hydrogens is 242 g/mol. The molecule has 1 aromatic heterocycles. The van der Waals surface area contributed by atoms with Crippen LogP contribution in [0.4, 0.5) is 0 Å². The van der Waals surface area contributed by atoms with Crippen LogP contribution in [0.1, 0.15) is 48.7 Å². The molecule has 0 bridgehead atoms. The molecule has 3 nitrogen and oxygen atoms in total. The fourth-order valence-corrected chi connectivity index (χ4v) is 3.84. The Bertz CT molecular complexity index is 375. The number of aromatic nitrogens is 1. The van der Waals surface area contributed by atoms with E-state index in [4.69, 9.17) is 4.98 Å². The predicted octanol–water partition coefficient (Wildman–Crippen LogP) is 2.80. The summed E-state index contributed by atoms with van der Waals surface area (Å²) in [5.74, 6) is 0. The average molecular weight is 267 g/mol. The van der Waals surface area contributed by atoms with Gasteiger partial charge in [0.05, 0.1) is 12.2 Å². The number of nitrogens with zero attached hydrogens (tertiary/aromatic N) is 2. The van der Waals surface area contributed by atoms with Gasteiger partial charge in [-0.15, -0.1) is 11.3 Å². The quantitative estimate of drug-likeness (QED) is 0.889. The van der Waals surface area contributed by atoms with E-state index in [1.165, 1.54) is 41.4 Å². The van der Waals surface area contributed by atoms with E-state index in [9.17, 15) is 0 Å². The first kappa shape index (κ1) is 14.0. The third kappa shape index (κ3) is 3.31. The minimum Gasteiger partial charge on any atom is -0.315 e. The van der Waals surface area contributed by atoms with Crippen molar-refractivity contribution in [3.8, 4) is 0 Å². The van der Waals surface area contributed by atoms with Gasteiger partial charge < -0.3 is 5.32 Å². The van der Waals surface area contributed by atoms with Gasteiger partial charge in [-0.3, -0.25) is 4.90 Å². The van der Waals surface area contributed by atoms with Crippen molar-refractivity contribution in [1.29, 1.82) is 0 Å². The van der Waals surface area contributed by atoms with Gasteiger partial charge in [-0.05, 0) is 39.8 Å². The molecule has 1 saturated heterocycles. The van der Waals surface area contributed by atoms with Crippen LogP contribution >= 0.6 is 11.3 Å². The maximum atomic E-state index is 4.81. The third-order valence-electron chi connectivity index (χ3n) is 3.77. The summed E-state index contributed by atoms with van der Waals surface area (Å²) in [6, 6.07) is 0.723. The van der Waals surface area contributed by atoms with E-state index >= 15 is 0 Å². The predicted molar refractivity (Wildman–Crippen MR) is 78.0 cm³/mol. The fraction of sp³-hybridized carbons (Fsp3) is 0.786. The number of hydrogen-bond donors (Lipinski definition) is 1. The number of aryl methyl sites for hydroxylation is 1. The Balaban J connectivity index is 2.04. The molecule has 1 aromatic rings. The van der Waals surface area contributed by atoms with Gasteiger partial charge in [-0.25, -0.2) is 4.98 Å². The lowest BCUT2D eigenvalue weighted by atomic mass is 10.0. The highest BCUT2D eigenvalue weighted by Crippen LogP contribution is 2.24. The molecule has 2 heterocycles. The second-order valence-electron chi connectivity index (χ2n) is 5.18.